The Bertz CT molecular complexity index is 972. The second kappa shape index (κ2) is 9.65. The second-order valence-electron chi connectivity index (χ2n) is 8.24. The summed E-state index contributed by atoms with van der Waals surface area (Å²) in [6, 6.07) is 16.4. The Balaban J connectivity index is 1.35. The van der Waals surface area contributed by atoms with Crippen LogP contribution in [0.1, 0.15) is 20.3 Å². The Morgan fingerprint density at radius 1 is 0.875 bits per heavy atom. The topological polar surface area (TPSA) is 73.0 Å². The minimum atomic E-state index is -0.583. The van der Waals surface area contributed by atoms with E-state index in [1.165, 1.54) is 14.7 Å². The van der Waals surface area contributed by atoms with Crippen molar-refractivity contribution < 1.29 is 14.4 Å². The van der Waals surface area contributed by atoms with Gasteiger partial charge >= 0.3 is 11.8 Å². The van der Waals surface area contributed by atoms with Gasteiger partial charge in [0, 0.05) is 55.0 Å². The van der Waals surface area contributed by atoms with E-state index in [1.807, 2.05) is 38.1 Å². The van der Waals surface area contributed by atoms with Gasteiger partial charge in [0.25, 0.3) is 0 Å². The van der Waals surface area contributed by atoms with Crippen LogP contribution in [0.3, 0.4) is 0 Å². The van der Waals surface area contributed by atoms with Crippen LogP contribution in [-0.4, -0.2) is 66.3 Å². The highest BCUT2D eigenvalue weighted by Gasteiger charge is 2.29. The first-order chi connectivity index (χ1) is 15.4. The molecule has 7 nitrogen and oxygen atoms in total. The molecule has 0 saturated carbocycles. The first kappa shape index (κ1) is 22.2. The average Bonchev–Trinajstić information content (AvgIpc) is 2.80. The molecule has 0 unspecified atom stereocenters. The molecule has 0 bridgehead atoms. The number of amides is 3. The van der Waals surface area contributed by atoms with E-state index in [4.69, 9.17) is 0 Å². The van der Waals surface area contributed by atoms with Gasteiger partial charge in [0.1, 0.15) is 0 Å². The van der Waals surface area contributed by atoms with Gasteiger partial charge in [0.15, 0.2) is 0 Å². The predicted octanol–water partition coefficient (Wildman–Crippen LogP) is 2.87. The summed E-state index contributed by atoms with van der Waals surface area (Å²) in [7, 11) is 0. The van der Waals surface area contributed by atoms with Gasteiger partial charge in [-0.15, -0.1) is 0 Å². The summed E-state index contributed by atoms with van der Waals surface area (Å²) in [6.45, 7) is 5.87. The van der Waals surface area contributed by atoms with Crippen LogP contribution in [0.2, 0.25) is 0 Å². The van der Waals surface area contributed by atoms with Crippen molar-refractivity contribution in [1.82, 2.24) is 15.1 Å². The van der Waals surface area contributed by atoms with Crippen molar-refractivity contribution in [3.8, 4) is 0 Å². The van der Waals surface area contributed by atoms with Crippen LogP contribution in [0.5, 0.6) is 0 Å². The number of benzene rings is 2. The zero-order valence-corrected chi connectivity index (χ0v) is 19.2. The Morgan fingerprint density at radius 2 is 1.41 bits per heavy atom. The third-order valence-electron chi connectivity index (χ3n) is 5.61. The molecule has 1 N–H and O–H groups in total. The van der Waals surface area contributed by atoms with Crippen molar-refractivity contribution in [3.63, 3.8) is 0 Å². The molecular formula is C24H28N4O3S. The maximum atomic E-state index is 12.9. The second-order valence-corrected chi connectivity index (χ2v) is 9.32. The van der Waals surface area contributed by atoms with E-state index in [-0.39, 0.29) is 11.9 Å². The fourth-order valence-corrected chi connectivity index (χ4v) is 5.11. The maximum absolute atomic E-state index is 12.9. The number of nitrogens with one attached hydrogen (secondary N) is 1. The van der Waals surface area contributed by atoms with Crippen LogP contribution in [-0.2, 0) is 14.4 Å². The molecule has 32 heavy (non-hydrogen) atoms. The fourth-order valence-electron chi connectivity index (χ4n) is 4.01. The van der Waals surface area contributed by atoms with E-state index < -0.39 is 11.8 Å². The molecule has 1 saturated heterocycles. The SMILES string of the molecule is CC(C)NC(=O)C(=O)N1CCN(C(=O)CCN2c3ccccc3Sc3ccccc32)CC1. The van der Waals surface area contributed by atoms with Gasteiger partial charge < -0.3 is 20.0 Å². The van der Waals surface area contributed by atoms with Gasteiger partial charge in [-0.1, -0.05) is 36.0 Å². The zero-order chi connectivity index (χ0) is 22.7. The number of para-hydroxylation sites is 2. The molecule has 2 aliphatic rings. The lowest BCUT2D eigenvalue weighted by atomic mass is 10.2. The van der Waals surface area contributed by atoms with Gasteiger partial charge in [-0.2, -0.15) is 0 Å². The zero-order valence-electron chi connectivity index (χ0n) is 18.4. The Hall–Kier alpha value is -3.00. The molecule has 3 amide bonds. The van der Waals surface area contributed by atoms with Crippen LogP contribution in [0.4, 0.5) is 11.4 Å². The molecule has 8 heteroatoms. The van der Waals surface area contributed by atoms with Gasteiger partial charge in [0.2, 0.25) is 5.91 Å². The lowest BCUT2D eigenvalue weighted by Gasteiger charge is -2.36. The number of carbonyl (C=O) groups excluding carboxylic acids is 3. The van der Waals surface area contributed by atoms with Crippen LogP contribution < -0.4 is 10.2 Å². The van der Waals surface area contributed by atoms with Crippen molar-refractivity contribution in [2.45, 2.75) is 36.1 Å². The number of piperazine rings is 1. The Morgan fingerprint density at radius 3 is 1.97 bits per heavy atom. The molecule has 2 heterocycles. The summed E-state index contributed by atoms with van der Waals surface area (Å²) in [5.74, 6) is -1.04. The largest absolute Gasteiger partial charge is 0.346 e. The molecule has 0 atom stereocenters. The third kappa shape index (κ3) is 4.75. The smallest absolute Gasteiger partial charge is 0.312 e. The van der Waals surface area contributed by atoms with Gasteiger partial charge in [-0.05, 0) is 38.1 Å². The van der Waals surface area contributed by atoms with E-state index in [0.29, 0.717) is 39.1 Å². The van der Waals surface area contributed by atoms with Gasteiger partial charge in [-0.25, -0.2) is 0 Å². The van der Waals surface area contributed by atoms with Crippen molar-refractivity contribution in [1.29, 1.82) is 0 Å². The highest BCUT2D eigenvalue weighted by molar-refractivity contribution is 7.99. The van der Waals surface area contributed by atoms with Crippen molar-refractivity contribution in [3.05, 3.63) is 48.5 Å². The van der Waals surface area contributed by atoms with E-state index in [0.717, 1.165) is 11.4 Å². The number of anilines is 2. The molecule has 2 aromatic carbocycles. The predicted molar refractivity (Wildman–Crippen MR) is 125 cm³/mol. The van der Waals surface area contributed by atoms with E-state index in [2.05, 4.69) is 34.5 Å². The molecule has 0 aromatic heterocycles. The van der Waals surface area contributed by atoms with Gasteiger partial charge in [-0.3, -0.25) is 14.4 Å². The monoisotopic (exact) mass is 452 g/mol. The molecule has 2 aromatic rings. The van der Waals surface area contributed by atoms with E-state index in [1.54, 1.807) is 16.7 Å². The van der Waals surface area contributed by atoms with Crippen molar-refractivity contribution in [2.24, 2.45) is 0 Å². The molecule has 2 aliphatic heterocycles. The molecule has 168 valence electrons. The lowest BCUT2D eigenvalue weighted by Crippen LogP contribution is -2.54. The summed E-state index contributed by atoms with van der Waals surface area (Å²) >= 11 is 1.75. The molecule has 0 aliphatic carbocycles. The summed E-state index contributed by atoms with van der Waals surface area (Å²) in [4.78, 5) is 45.1. The molecule has 0 radical (unpaired) electrons. The standard InChI is InChI=1S/C24H28N4O3S/c1-17(2)25-23(30)24(31)27-15-13-26(14-16-27)22(29)11-12-28-18-7-3-5-9-20(18)32-21-10-6-4-8-19(21)28/h3-10,17H,11-16H2,1-2H3,(H,25,30). The first-order valence-corrected chi connectivity index (χ1v) is 11.8. The Labute approximate surface area is 192 Å². The van der Waals surface area contributed by atoms with Crippen LogP contribution in [0.15, 0.2) is 58.3 Å². The molecular weight excluding hydrogens is 424 g/mol. The van der Waals surface area contributed by atoms with Crippen LogP contribution in [0.25, 0.3) is 0 Å². The number of carbonyl (C=O) groups is 3. The third-order valence-corrected chi connectivity index (χ3v) is 6.75. The number of hydrogen-bond donors (Lipinski definition) is 1. The quantitative estimate of drug-likeness (QED) is 0.723. The number of hydrogen-bond acceptors (Lipinski definition) is 5. The van der Waals surface area contributed by atoms with Crippen molar-refractivity contribution in [2.75, 3.05) is 37.6 Å². The van der Waals surface area contributed by atoms with Crippen LogP contribution in [0, 0.1) is 0 Å². The summed E-state index contributed by atoms with van der Waals surface area (Å²) in [5.41, 5.74) is 2.24. The fraction of sp³-hybridized carbons (Fsp3) is 0.375. The van der Waals surface area contributed by atoms with Crippen molar-refractivity contribution >= 4 is 40.9 Å². The number of rotatable bonds is 4. The van der Waals surface area contributed by atoms with E-state index >= 15 is 0 Å². The lowest BCUT2D eigenvalue weighted by molar-refractivity contribution is -0.148. The molecule has 4 rings (SSSR count). The minimum Gasteiger partial charge on any atom is -0.346 e. The number of nitrogens with zero attached hydrogens (tertiary/aromatic N) is 3. The average molecular weight is 453 g/mol. The number of fused-ring (bicyclic) bond motifs is 2. The minimum absolute atomic E-state index is 0.0666. The normalized spacial score (nSPS) is 15.3. The highest BCUT2D eigenvalue weighted by atomic mass is 32.2. The summed E-state index contributed by atoms with van der Waals surface area (Å²) in [5, 5.41) is 2.63. The van der Waals surface area contributed by atoms with Crippen LogP contribution >= 0.6 is 11.8 Å². The molecule has 0 spiro atoms. The highest BCUT2D eigenvalue weighted by Crippen LogP contribution is 2.47. The summed E-state index contributed by atoms with van der Waals surface area (Å²) in [6.07, 6.45) is 0.384. The van der Waals surface area contributed by atoms with E-state index in [9.17, 15) is 14.4 Å². The Kier molecular flexibility index (Phi) is 6.69. The first-order valence-electron chi connectivity index (χ1n) is 10.9. The molecule has 1 fully saturated rings. The van der Waals surface area contributed by atoms with Gasteiger partial charge in [0.05, 0.1) is 11.4 Å². The maximum Gasteiger partial charge on any atom is 0.312 e. The summed E-state index contributed by atoms with van der Waals surface area (Å²) < 4.78 is 0.